The summed E-state index contributed by atoms with van der Waals surface area (Å²) in [6.45, 7) is 14.6. The van der Waals surface area contributed by atoms with Crippen molar-refractivity contribution in [1.82, 2.24) is 20.4 Å². The van der Waals surface area contributed by atoms with Gasteiger partial charge in [0.05, 0.1) is 12.1 Å². The second-order valence-electron chi connectivity index (χ2n) is 17.2. The summed E-state index contributed by atoms with van der Waals surface area (Å²) in [7, 11) is 2.11. The van der Waals surface area contributed by atoms with Crippen molar-refractivity contribution in [2.24, 2.45) is 29.1 Å². The number of amides is 2. The van der Waals surface area contributed by atoms with Crippen LogP contribution in [0.2, 0.25) is 0 Å². The van der Waals surface area contributed by atoms with Gasteiger partial charge in [0.15, 0.2) is 11.6 Å². The van der Waals surface area contributed by atoms with Gasteiger partial charge in [0.2, 0.25) is 11.8 Å². The number of piperazine rings is 1. The van der Waals surface area contributed by atoms with Gasteiger partial charge in [-0.15, -0.1) is 0 Å². The maximum atomic E-state index is 14.3. The fourth-order valence-corrected chi connectivity index (χ4v) is 7.46. The lowest BCUT2D eigenvalue weighted by molar-refractivity contribution is -0.135. The zero-order valence-electron chi connectivity index (χ0n) is 33.8. The molecule has 0 bridgehead atoms. The topological polar surface area (TPSA) is 116 Å². The summed E-state index contributed by atoms with van der Waals surface area (Å²) in [6, 6.07) is 18.2. The number of carbonyl (C=O) groups is 5. The van der Waals surface area contributed by atoms with Crippen molar-refractivity contribution in [3.63, 3.8) is 0 Å². The number of rotatable bonds is 23. The molecule has 0 aromatic heterocycles. The predicted octanol–water partition coefficient (Wildman–Crippen LogP) is 6.08. The quantitative estimate of drug-likeness (QED) is 0.142. The Morgan fingerprint density at radius 2 is 1.24 bits per heavy atom. The van der Waals surface area contributed by atoms with Gasteiger partial charge < -0.3 is 20.4 Å². The number of hydrogen-bond donors (Lipinski definition) is 2. The second-order valence-corrected chi connectivity index (χ2v) is 17.2. The molecule has 54 heavy (non-hydrogen) atoms. The molecule has 1 saturated carbocycles. The number of benzene rings is 2. The van der Waals surface area contributed by atoms with Crippen LogP contribution in [0.5, 0.6) is 0 Å². The molecule has 1 aliphatic heterocycles. The highest BCUT2D eigenvalue weighted by Crippen LogP contribution is 2.47. The van der Waals surface area contributed by atoms with E-state index in [1.54, 1.807) is 0 Å². The molecule has 9 nitrogen and oxygen atoms in total. The maximum absolute atomic E-state index is 14.3. The first-order chi connectivity index (χ1) is 25.7. The average molecular weight is 743 g/mol. The smallest absolute Gasteiger partial charge is 0.224 e. The van der Waals surface area contributed by atoms with Crippen LogP contribution in [-0.4, -0.2) is 90.8 Å². The molecule has 2 aromatic rings. The van der Waals surface area contributed by atoms with E-state index < -0.39 is 29.3 Å². The average Bonchev–Trinajstić information content (AvgIpc) is 3.90. The van der Waals surface area contributed by atoms with Crippen molar-refractivity contribution >= 4 is 29.2 Å². The molecule has 1 aliphatic carbocycles. The number of carbonyl (C=O) groups excluding carboxylic acids is 5. The first-order valence-corrected chi connectivity index (χ1v) is 20.4. The highest BCUT2D eigenvalue weighted by atomic mass is 16.2. The van der Waals surface area contributed by atoms with Gasteiger partial charge in [-0.05, 0) is 75.0 Å². The van der Waals surface area contributed by atoms with Crippen molar-refractivity contribution in [3.8, 4) is 0 Å². The van der Waals surface area contributed by atoms with Gasteiger partial charge >= 0.3 is 0 Å². The van der Waals surface area contributed by atoms with Crippen molar-refractivity contribution in [2.45, 2.75) is 111 Å². The fraction of sp³-hybridized carbons (Fsp3) is 0.622. The number of ketones is 3. The lowest BCUT2D eigenvalue weighted by Gasteiger charge is -2.32. The monoisotopic (exact) mass is 743 g/mol. The lowest BCUT2D eigenvalue weighted by atomic mass is 9.87. The SMILES string of the molecule is CC(C)C[C@H](NC(=O)[C@H](CCc1ccccc1)CC(=O)CCN1CCN(C)CC1)C(=O)C[C@@H](Cc1ccccc1)C(=O)N[C@@H](CC(C)C)C(=O)C1(C)CC1. The molecule has 1 heterocycles. The van der Waals surface area contributed by atoms with E-state index in [0.717, 1.165) is 50.1 Å². The molecule has 4 atom stereocenters. The molecule has 4 rings (SSSR count). The van der Waals surface area contributed by atoms with Crippen molar-refractivity contribution in [2.75, 3.05) is 39.8 Å². The van der Waals surface area contributed by atoms with Gasteiger partial charge in [0.25, 0.3) is 0 Å². The minimum Gasteiger partial charge on any atom is -0.346 e. The fourth-order valence-electron chi connectivity index (χ4n) is 7.46. The molecule has 2 amide bonds. The summed E-state index contributed by atoms with van der Waals surface area (Å²) in [5.74, 6) is -1.68. The third-order valence-electron chi connectivity index (χ3n) is 11.3. The highest BCUT2D eigenvalue weighted by molar-refractivity contribution is 5.97. The van der Waals surface area contributed by atoms with Crippen LogP contribution in [0.25, 0.3) is 0 Å². The van der Waals surface area contributed by atoms with Crippen molar-refractivity contribution < 1.29 is 24.0 Å². The molecule has 2 N–H and O–H groups in total. The van der Waals surface area contributed by atoms with Crippen LogP contribution in [0.3, 0.4) is 0 Å². The van der Waals surface area contributed by atoms with Crippen LogP contribution in [0.1, 0.15) is 97.1 Å². The number of Topliss-reactive ketones (excluding diaryl/α,β-unsaturated/α-hetero) is 3. The van der Waals surface area contributed by atoms with Crippen LogP contribution in [0, 0.1) is 29.1 Å². The van der Waals surface area contributed by atoms with E-state index in [2.05, 4.69) is 27.5 Å². The summed E-state index contributed by atoms with van der Waals surface area (Å²) >= 11 is 0. The Labute approximate surface area is 324 Å². The third kappa shape index (κ3) is 14.2. The maximum Gasteiger partial charge on any atom is 0.224 e. The normalized spacial score (nSPS) is 18.1. The Balaban J connectivity index is 1.49. The number of likely N-dealkylation sites (N-methyl/N-ethyl adjacent to an activating group) is 1. The molecular formula is C45H66N4O5. The largest absolute Gasteiger partial charge is 0.346 e. The minimum absolute atomic E-state index is 0.0547. The molecule has 2 aliphatic rings. The van der Waals surface area contributed by atoms with Gasteiger partial charge in [-0.25, -0.2) is 0 Å². The van der Waals surface area contributed by atoms with Crippen LogP contribution in [0.15, 0.2) is 60.7 Å². The first kappa shape index (κ1) is 43.0. The molecular weight excluding hydrogens is 677 g/mol. The Kier molecular flexibility index (Phi) is 16.6. The number of nitrogens with zero attached hydrogens (tertiary/aromatic N) is 2. The zero-order valence-corrected chi connectivity index (χ0v) is 33.8. The van der Waals surface area contributed by atoms with E-state index in [-0.39, 0.29) is 53.8 Å². The third-order valence-corrected chi connectivity index (χ3v) is 11.3. The van der Waals surface area contributed by atoms with Gasteiger partial charge in [-0.1, -0.05) is 95.3 Å². The van der Waals surface area contributed by atoms with E-state index in [1.165, 1.54) is 0 Å². The van der Waals surface area contributed by atoms with Gasteiger partial charge in [0.1, 0.15) is 5.78 Å². The lowest BCUT2D eigenvalue weighted by Crippen LogP contribution is -2.49. The molecule has 1 saturated heterocycles. The van der Waals surface area contributed by atoms with Gasteiger partial charge in [-0.3, -0.25) is 24.0 Å². The summed E-state index contributed by atoms with van der Waals surface area (Å²) in [6.07, 6.45) is 4.51. The summed E-state index contributed by atoms with van der Waals surface area (Å²) < 4.78 is 0. The minimum atomic E-state index is -0.804. The first-order valence-electron chi connectivity index (χ1n) is 20.4. The Hall–Kier alpha value is -3.69. The van der Waals surface area contributed by atoms with E-state index in [1.807, 2.05) is 95.3 Å². The van der Waals surface area contributed by atoms with E-state index in [4.69, 9.17) is 0 Å². The molecule has 9 heteroatoms. The number of nitrogens with one attached hydrogen (secondary N) is 2. The Bertz CT molecular complexity index is 1510. The van der Waals surface area contributed by atoms with Gasteiger partial charge in [-0.2, -0.15) is 0 Å². The predicted molar refractivity (Wildman–Crippen MR) is 215 cm³/mol. The molecule has 0 unspecified atom stereocenters. The molecule has 0 radical (unpaired) electrons. The van der Waals surface area contributed by atoms with Crippen LogP contribution in [-0.2, 0) is 36.8 Å². The number of hydrogen-bond acceptors (Lipinski definition) is 7. The molecule has 2 fully saturated rings. The van der Waals surface area contributed by atoms with E-state index >= 15 is 0 Å². The Morgan fingerprint density at radius 1 is 0.704 bits per heavy atom. The zero-order chi connectivity index (χ0) is 39.3. The molecule has 296 valence electrons. The van der Waals surface area contributed by atoms with Crippen molar-refractivity contribution in [1.29, 1.82) is 0 Å². The van der Waals surface area contributed by atoms with E-state index in [9.17, 15) is 24.0 Å². The summed E-state index contributed by atoms with van der Waals surface area (Å²) in [5.41, 5.74) is 1.62. The number of aryl methyl sites for hydroxylation is 1. The Morgan fingerprint density at radius 3 is 1.81 bits per heavy atom. The standard InChI is InChI=1S/C45H66N4O5/c1-32(2)27-39(46-43(53)36(18-17-34-13-9-7-10-14-34)30-38(50)19-22-49-25-23-48(6)24-26-49)41(51)31-37(29-35-15-11-8-12-16-35)44(54)47-40(28-33(3)4)42(52)45(5)20-21-45/h7-16,32-33,36-37,39-40H,17-31H2,1-6H3,(H,46,53)(H,47,54)/t36-,37-,39+,40+/m1/s1. The van der Waals surface area contributed by atoms with Gasteiger partial charge in [0, 0.05) is 69.2 Å². The summed E-state index contributed by atoms with van der Waals surface area (Å²) in [5, 5.41) is 6.16. The highest BCUT2D eigenvalue weighted by Gasteiger charge is 2.48. The summed E-state index contributed by atoms with van der Waals surface area (Å²) in [4.78, 5) is 74.0. The van der Waals surface area contributed by atoms with Crippen LogP contribution < -0.4 is 10.6 Å². The van der Waals surface area contributed by atoms with E-state index in [0.29, 0.717) is 45.1 Å². The second kappa shape index (κ2) is 20.8. The molecule has 2 aromatic carbocycles. The van der Waals surface area contributed by atoms with Crippen molar-refractivity contribution in [3.05, 3.63) is 71.8 Å². The molecule has 0 spiro atoms. The van der Waals surface area contributed by atoms with Crippen LogP contribution >= 0.6 is 0 Å². The van der Waals surface area contributed by atoms with Crippen LogP contribution in [0.4, 0.5) is 0 Å².